The van der Waals surface area contributed by atoms with Crippen molar-refractivity contribution in [2.24, 2.45) is 5.41 Å². The number of carbonyl (C=O) groups excluding carboxylic acids is 1. The van der Waals surface area contributed by atoms with E-state index in [9.17, 15) is 9.90 Å². The van der Waals surface area contributed by atoms with Gasteiger partial charge in [-0.1, -0.05) is 18.3 Å². The molecule has 1 fully saturated rings. The molecule has 3 atom stereocenters. The number of benzene rings is 1. The van der Waals surface area contributed by atoms with E-state index in [0.29, 0.717) is 29.0 Å². The van der Waals surface area contributed by atoms with Gasteiger partial charge in [-0.25, -0.2) is 9.67 Å². The maximum Gasteiger partial charge on any atom is 0.225 e. The number of aryl methyl sites for hydroxylation is 1. The van der Waals surface area contributed by atoms with Crippen LogP contribution in [0.3, 0.4) is 0 Å². The average molecular weight is 586 g/mol. The number of hydrogen-bond acceptors (Lipinski definition) is 9. The highest BCUT2D eigenvalue weighted by atomic mass is 79.9. The summed E-state index contributed by atoms with van der Waals surface area (Å²) in [5, 5.41) is 32.0. The number of aliphatic hydroxyl groups excluding tert-OH is 1. The third-order valence-corrected chi connectivity index (χ3v) is 8.29. The zero-order chi connectivity index (χ0) is 26.3. The molecule has 12 heteroatoms. The minimum absolute atomic E-state index is 0.0651. The molecule has 3 heterocycles. The molecule has 1 amide bonds. The Morgan fingerprint density at radius 2 is 2.19 bits per heavy atom. The molecule has 194 valence electrons. The molecular formula is C25H29BrN8O2S. The van der Waals surface area contributed by atoms with E-state index in [0.717, 1.165) is 45.1 Å². The normalized spacial score (nSPS) is 20.3. The topological polar surface area (TPSA) is 131 Å². The number of carbonyl (C=O) groups is 1. The second-order valence-corrected chi connectivity index (χ2v) is 11.8. The van der Waals surface area contributed by atoms with E-state index in [-0.39, 0.29) is 11.9 Å². The zero-order valence-electron chi connectivity index (χ0n) is 21.1. The van der Waals surface area contributed by atoms with E-state index in [2.05, 4.69) is 46.8 Å². The van der Waals surface area contributed by atoms with Crippen LogP contribution in [0.15, 0.2) is 29.0 Å². The summed E-state index contributed by atoms with van der Waals surface area (Å²) in [6.07, 6.45) is 4.09. The van der Waals surface area contributed by atoms with Crippen LogP contribution < -0.4 is 10.6 Å². The number of nitrogens with zero attached hydrogens (tertiary/aromatic N) is 6. The van der Waals surface area contributed by atoms with Crippen molar-refractivity contribution in [3.05, 3.63) is 39.6 Å². The highest BCUT2D eigenvalue weighted by Gasteiger charge is 2.41. The molecule has 1 aliphatic carbocycles. The fourth-order valence-electron chi connectivity index (χ4n) is 4.99. The first-order valence-electron chi connectivity index (χ1n) is 12.2. The Morgan fingerprint density at radius 1 is 1.38 bits per heavy atom. The third-order valence-electron chi connectivity index (χ3n) is 6.83. The molecule has 4 aromatic rings. The van der Waals surface area contributed by atoms with Crippen LogP contribution >= 0.6 is 27.3 Å². The van der Waals surface area contributed by atoms with Crippen LogP contribution in [-0.2, 0) is 11.2 Å². The van der Waals surface area contributed by atoms with Crippen LogP contribution in [0, 0.1) is 12.3 Å². The summed E-state index contributed by atoms with van der Waals surface area (Å²) in [7, 11) is 1.68. The molecule has 0 radical (unpaired) electrons. The summed E-state index contributed by atoms with van der Waals surface area (Å²) in [5.74, 6) is 0.563. The molecule has 10 nitrogen and oxygen atoms in total. The van der Waals surface area contributed by atoms with Gasteiger partial charge in [0.05, 0.1) is 17.2 Å². The molecule has 1 saturated carbocycles. The molecule has 37 heavy (non-hydrogen) atoms. The summed E-state index contributed by atoms with van der Waals surface area (Å²) < 4.78 is 2.42. The van der Waals surface area contributed by atoms with Crippen LogP contribution in [0.4, 0.5) is 5.95 Å². The number of aromatic nitrogens is 6. The third kappa shape index (κ3) is 5.10. The first-order chi connectivity index (χ1) is 17.7. The summed E-state index contributed by atoms with van der Waals surface area (Å²) in [6.45, 7) is 5.69. The van der Waals surface area contributed by atoms with E-state index in [4.69, 9.17) is 4.98 Å². The molecule has 5 rings (SSSR count). The van der Waals surface area contributed by atoms with E-state index in [1.807, 2.05) is 32.0 Å². The van der Waals surface area contributed by atoms with Gasteiger partial charge in [-0.3, -0.25) is 4.79 Å². The molecule has 0 bridgehead atoms. The Kier molecular flexibility index (Phi) is 6.99. The van der Waals surface area contributed by atoms with Gasteiger partial charge >= 0.3 is 0 Å². The number of nitrogens with one attached hydrogen (secondary N) is 2. The zero-order valence-corrected chi connectivity index (χ0v) is 23.5. The lowest BCUT2D eigenvalue weighted by Gasteiger charge is -2.22. The Balaban J connectivity index is 1.49. The molecule has 1 aliphatic rings. The molecule has 1 aromatic carbocycles. The van der Waals surface area contributed by atoms with Crippen molar-refractivity contribution < 1.29 is 9.90 Å². The maximum absolute atomic E-state index is 12.3. The number of hydrogen-bond donors (Lipinski definition) is 3. The maximum atomic E-state index is 12.3. The van der Waals surface area contributed by atoms with Crippen LogP contribution in [0.5, 0.6) is 0 Å². The molecule has 3 aromatic heterocycles. The number of fused-ring (bicyclic) bond motifs is 1. The van der Waals surface area contributed by atoms with Crippen molar-refractivity contribution in [2.75, 3.05) is 12.4 Å². The number of rotatable bonds is 7. The van der Waals surface area contributed by atoms with E-state index < -0.39 is 11.5 Å². The highest BCUT2D eigenvalue weighted by Crippen LogP contribution is 2.39. The predicted octanol–water partition coefficient (Wildman–Crippen LogP) is 4.04. The Labute approximate surface area is 227 Å². The van der Waals surface area contributed by atoms with Crippen molar-refractivity contribution in [3.63, 3.8) is 0 Å². The van der Waals surface area contributed by atoms with Gasteiger partial charge in [0.15, 0.2) is 5.65 Å². The van der Waals surface area contributed by atoms with Crippen molar-refractivity contribution in [3.8, 4) is 16.3 Å². The van der Waals surface area contributed by atoms with Gasteiger partial charge in [-0.05, 0) is 79.2 Å². The van der Waals surface area contributed by atoms with Gasteiger partial charge < -0.3 is 15.7 Å². The quantitative estimate of drug-likeness (QED) is 0.296. The Bertz CT molecular complexity index is 1470. The highest BCUT2D eigenvalue weighted by molar-refractivity contribution is 9.10. The lowest BCUT2D eigenvalue weighted by atomic mass is 9.87. The number of halogens is 1. The van der Waals surface area contributed by atoms with Gasteiger partial charge in [-0.15, -0.1) is 10.2 Å². The molecule has 0 saturated heterocycles. The Hall–Kier alpha value is -2.96. The number of aliphatic hydroxyl groups is 1. The van der Waals surface area contributed by atoms with Crippen molar-refractivity contribution in [2.45, 2.75) is 58.6 Å². The predicted molar refractivity (Wildman–Crippen MR) is 147 cm³/mol. The molecule has 0 spiro atoms. The van der Waals surface area contributed by atoms with Crippen molar-refractivity contribution in [1.29, 1.82) is 0 Å². The van der Waals surface area contributed by atoms with Crippen LogP contribution in [-0.4, -0.2) is 60.2 Å². The lowest BCUT2D eigenvalue weighted by Crippen LogP contribution is -2.35. The van der Waals surface area contributed by atoms with Crippen molar-refractivity contribution in [1.82, 2.24) is 35.3 Å². The van der Waals surface area contributed by atoms with Gasteiger partial charge in [0, 0.05) is 30.3 Å². The minimum atomic E-state index is -0.519. The molecule has 0 aliphatic heterocycles. The number of amides is 1. The van der Waals surface area contributed by atoms with Gasteiger partial charge in [0.1, 0.15) is 14.6 Å². The van der Waals surface area contributed by atoms with E-state index >= 15 is 0 Å². The molecule has 1 unspecified atom stereocenters. The molecular weight excluding hydrogens is 556 g/mol. The summed E-state index contributed by atoms with van der Waals surface area (Å²) in [6, 6.07) is 6.08. The Morgan fingerprint density at radius 3 is 2.89 bits per heavy atom. The second kappa shape index (κ2) is 10.1. The van der Waals surface area contributed by atoms with E-state index in [1.54, 1.807) is 24.9 Å². The van der Waals surface area contributed by atoms with Crippen LogP contribution in [0.25, 0.3) is 27.3 Å². The SMILES string of the molecule is CNC(=O)[C@]1(C)CC[C@@H](Nc2ncc3c(Br)nn(-c4ccc(-c5nnc(C)s5)c(CC(C)O)c4)c3n2)C1. The average Bonchev–Trinajstić information content (AvgIpc) is 3.56. The van der Waals surface area contributed by atoms with Gasteiger partial charge in [0.2, 0.25) is 11.9 Å². The number of anilines is 1. The monoisotopic (exact) mass is 584 g/mol. The first-order valence-corrected chi connectivity index (χ1v) is 13.8. The standard InChI is InChI=1S/C25H29BrN8O2S/c1-13(35)9-15-10-17(5-6-18(15)22-32-31-14(2)37-22)34-21-19(20(26)33-34)12-28-24(30-21)29-16-7-8-25(3,11-16)23(36)27-4/h5-6,10,12-13,16,35H,7-9,11H2,1-4H3,(H,27,36)(H,28,29,30)/t13?,16-,25-/m1/s1. The van der Waals surface area contributed by atoms with Crippen LogP contribution in [0.1, 0.15) is 43.7 Å². The molecule has 3 N–H and O–H groups in total. The first kappa shape index (κ1) is 25.7. The fraction of sp³-hybridized carbons (Fsp3) is 0.440. The van der Waals surface area contributed by atoms with Crippen LogP contribution in [0.2, 0.25) is 0 Å². The minimum Gasteiger partial charge on any atom is -0.393 e. The van der Waals surface area contributed by atoms with E-state index in [1.165, 1.54) is 11.3 Å². The van der Waals surface area contributed by atoms with Crippen molar-refractivity contribution >= 4 is 50.2 Å². The summed E-state index contributed by atoms with van der Waals surface area (Å²) in [5.41, 5.74) is 2.97. The fourth-order valence-corrected chi connectivity index (χ4v) is 6.18. The summed E-state index contributed by atoms with van der Waals surface area (Å²) >= 11 is 5.07. The lowest BCUT2D eigenvalue weighted by molar-refractivity contribution is -0.129. The van der Waals surface area contributed by atoms with Gasteiger partial charge in [-0.2, -0.15) is 10.1 Å². The smallest absolute Gasteiger partial charge is 0.225 e. The second-order valence-electron chi connectivity index (χ2n) is 9.88. The summed E-state index contributed by atoms with van der Waals surface area (Å²) in [4.78, 5) is 21.6. The largest absolute Gasteiger partial charge is 0.393 e. The van der Waals surface area contributed by atoms with Gasteiger partial charge in [0.25, 0.3) is 0 Å².